The van der Waals surface area contributed by atoms with Gasteiger partial charge in [0, 0.05) is 31.9 Å². The van der Waals surface area contributed by atoms with Crippen LogP contribution in [0.1, 0.15) is 29.5 Å². The summed E-state index contributed by atoms with van der Waals surface area (Å²) in [6.45, 7) is 0. The van der Waals surface area contributed by atoms with Gasteiger partial charge >= 0.3 is 0 Å². The van der Waals surface area contributed by atoms with Crippen LogP contribution in [0.2, 0.25) is 5.02 Å². The number of benzene rings is 3. The van der Waals surface area contributed by atoms with E-state index in [0.717, 1.165) is 45.3 Å². The number of ketones is 1. The molecule has 3 aromatic rings. The van der Waals surface area contributed by atoms with Crippen molar-refractivity contribution in [3.05, 3.63) is 122 Å². The second kappa shape index (κ2) is 10.9. The van der Waals surface area contributed by atoms with Crippen LogP contribution in [0.4, 0.5) is 0 Å². The first-order valence-corrected chi connectivity index (χ1v) is 12.6. The topological polar surface area (TPSA) is 17.1 Å². The van der Waals surface area contributed by atoms with E-state index in [1.807, 2.05) is 42.5 Å². The Morgan fingerprint density at radius 3 is 1.87 bits per heavy atom. The highest BCUT2D eigenvalue weighted by atomic mass is 35.5. The molecule has 0 heterocycles. The maximum Gasteiger partial charge on any atom is 0.186 e. The monoisotopic (exact) mass is 462 g/mol. The summed E-state index contributed by atoms with van der Waals surface area (Å²) >= 11 is 9.56. The molecule has 0 atom stereocenters. The average Bonchev–Trinajstić information content (AvgIpc) is 3.17. The van der Waals surface area contributed by atoms with Crippen molar-refractivity contribution in [3.63, 3.8) is 0 Å². The van der Waals surface area contributed by atoms with Gasteiger partial charge in [-0.25, -0.2) is 0 Å². The van der Waals surface area contributed by atoms with Crippen LogP contribution in [0.15, 0.2) is 100 Å². The van der Waals surface area contributed by atoms with Crippen LogP contribution in [-0.2, 0) is 16.3 Å². The quantitative estimate of drug-likeness (QED) is 0.329. The number of thioether (sulfide) groups is 2. The summed E-state index contributed by atoms with van der Waals surface area (Å²) in [5.74, 6) is 1.92. The third kappa shape index (κ3) is 6.16. The molecule has 0 unspecified atom stereocenters. The van der Waals surface area contributed by atoms with Crippen molar-refractivity contribution in [1.29, 1.82) is 0 Å². The lowest BCUT2D eigenvalue weighted by Crippen LogP contribution is -1.98. The molecule has 1 aliphatic rings. The minimum absolute atomic E-state index is 0.186. The van der Waals surface area contributed by atoms with Crippen LogP contribution in [0.5, 0.6) is 0 Å². The smallest absolute Gasteiger partial charge is 0.186 e. The average molecular weight is 463 g/mol. The van der Waals surface area contributed by atoms with Crippen LogP contribution in [-0.4, -0.2) is 5.78 Å². The van der Waals surface area contributed by atoms with Gasteiger partial charge in [-0.3, -0.25) is 4.79 Å². The lowest BCUT2D eigenvalue weighted by atomic mass is 10.1. The van der Waals surface area contributed by atoms with Crippen molar-refractivity contribution >= 4 is 47.0 Å². The minimum atomic E-state index is 0.186. The zero-order chi connectivity index (χ0) is 21.5. The molecular formula is C27H23ClOS2. The van der Waals surface area contributed by atoms with Gasteiger partial charge in [-0.15, -0.1) is 23.5 Å². The Balaban J connectivity index is 1.56. The van der Waals surface area contributed by atoms with Gasteiger partial charge < -0.3 is 0 Å². The second-order valence-electron chi connectivity index (χ2n) is 7.36. The Kier molecular flexibility index (Phi) is 7.74. The Labute approximate surface area is 197 Å². The molecule has 0 radical (unpaired) electrons. The zero-order valence-corrected chi connectivity index (χ0v) is 19.5. The van der Waals surface area contributed by atoms with Crippen molar-refractivity contribution < 1.29 is 4.79 Å². The number of hydrogen-bond donors (Lipinski definition) is 0. The van der Waals surface area contributed by atoms with Crippen molar-refractivity contribution in [2.75, 3.05) is 0 Å². The highest BCUT2D eigenvalue weighted by molar-refractivity contribution is 8.21. The normalized spacial score (nSPS) is 14.9. The minimum Gasteiger partial charge on any atom is -0.289 e. The van der Waals surface area contributed by atoms with Crippen molar-refractivity contribution in [2.45, 2.75) is 24.3 Å². The lowest BCUT2D eigenvalue weighted by Gasteiger charge is -2.11. The van der Waals surface area contributed by atoms with Crippen LogP contribution < -0.4 is 0 Å². The van der Waals surface area contributed by atoms with Gasteiger partial charge in [-0.05, 0) is 47.7 Å². The molecule has 1 aliphatic carbocycles. The SMILES string of the molecule is O=C1C(=Cc2ccc(Cl)cc2)CCC1=C(SCc1ccccc1)SCc1ccccc1. The first-order chi connectivity index (χ1) is 15.2. The summed E-state index contributed by atoms with van der Waals surface area (Å²) in [7, 11) is 0. The standard InChI is InChI=1S/C27H23ClOS2/c28-24-14-11-20(12-15-24)17-23-13-16-25(26(23)29)27(30-18-21-7-3-1-4-8-21)31-19-22-9-5-2-6-10-22/h1-12,14-15,17H,13,16,18-19H2. The summed E-state index contributed by atoms with van der Waals surface area (Å²) in [5, 5.41) is 0.706. The molecule has 0 aromatic heterocycles. The first-order valence-electron chi connectivity index (χ1n) is 10.3. The van der Waals surface area contributed by atoms with Crippen molar-refractivity contribution in [1.82, 2.24) is 0 Å². The third-order valence-corrected chi connectivity index (χ3v) is 8.02. The number of rotatable bonds is 7. The van der Waals surface area contributed by atoms with Gasteiger partial charge in [0.1, 0.15) is 0 Å². The van der Waals surface area contributed by atoms with E-state index < -0.39 is 0 Å². The molecule has 4 heteroatoms. The highest BCUT2D eigenvalue weighted by Gasteiger charge is 2.27. The largest absolute Gasteiger partial charge is 0.289 e. The predicted octanol–water partition coefficient (Wildman–Crippen LogP) is 8.16. The second-order valence-corrected chi connectivity index (χ2v) is 10.0. The Morgan fingerprint density at radius 2 is 1.32 bits per heavy atom. The van der Waals surface area contributed by atoms with Crippen LogP contribution in [0, 0.1) is 0 Å². The molecule has 1 nitrogen and oxygen atoms in total. The Bertz CT molecular complexity index is 1040. The predicted molar refractivity (Wildman–Crippen MR) is 136 cm³/mol. The molecule has 0 saturated heterocycles. The summed E-state index contributed by atoms with van der Waals surface area (Å²) in [6, 6.07) is 28.5. The molecule has 1 saturated carbocycles. The lowest BCUT2D eigenvalue weighted by molar-refractivity contribution is -0.111. The van der Waals surface area contributed by atoms with Gasteiger partial charge in [-0.1, -0.05) is 84.4 Å². The third-order valence-electron chi connectivity index (χ3n) is 5.09. The van der Waals surface area contributed by atoms with Gasteiger partial charge in [0.25, 0.3) is 0 Å². The summed E-state index contributed by atoms with van der Waals surface area (Å²) < 4.78 is 1.15. The highest BCUT2D eigenvalue weighted by Crippen LogP contribution is 2.42. The van der Waals surface area contributed by atoms with E-state index >= 15 is 0 Å². The number of carbonyl (C=O) groups excluding carboxylic acids is 1. The molecule has 0 bridgehead atoms. The molecule has 0 amide bonds. The zero-order valence-electron chi connectivity index (χ0n) is 17.1. The summed E-state index contributed by atoms with van der Waals surface area (Å²) in [6.07, 6.45) is 3.60. The van der Waals surface area contributed by atoms with Gasteiger partial charge in [0.2, 0.25) is 0 Å². The Morgan fingerprint density at radius 1 is 0.774 bits per heavy atom. The number of carbonyl (C=O) groups is 1. The number of Topliss-reactive ketones (excluding diaryl/α,β-unsaturated/α-hetero) is 1. The number of hydrogen-bond acceptors (Lipinski definition) is 3. The van der Waals surface area contributed by atoms with E-state index in [9.17, 15) is 4.79 Å². The molecule has 1 fully saturated rings. The number of allylic oxidation sites excluding steroid dienone is 2. The molecule has 3 aromatic carbocycles. The molecule has 0 N–H and O–H groups in total. The molecule has 4 rings (SSSR count). The van der Waals surface area contributed by atoms with Crippen molar-refractivity contribution in [2.24, 2.45) is 0 Å². The van der Waals surface area contributed by atoms with E-state index in [1.54, 1.807) is 23.5 Å². The van der Waals surface area contributed by atoms with Crippen LogP contribution in [0.3, 0.4) is 0 Å². The fourth-order valence-electron chi connectivity index (χ4n) is 3.44. The molecular weight excluding hydrogens is 440 g/mol. The first kappa shape index (κ1) is 22.0. The van der Waals surface area contributed by atoms with Gasteiger partial charge in [0.05, 0.1) is 0 Å². The molecule has 156 valence electrons. The molecule has 31 heavy (non-hydrogen) atoms. The van der Waals surface area contributed by atoms with E-state index in [4.69, 9.17) is 11.6 Å². The maximum atomic E-state index is 13.3. The van der Waals surface area contributed by atoms with Crippen molar-refractivity contribution in [3.8, 4) is 0 Å². The van der Waals surface area contributed by atoms with Gasteiger partial charge in [0.15, 0.2) is 5.78 Å². The fraction of sp³-hybridized carbons (Fsp3) is 0.148. The van der Waals surface area contributed by atoms with E-state index in [0.29, 0.717) is 5.02 Å². The van der Waals surface area contributed by atoms with E-state index in [2.05, 4.69) is 48.5 Å². The van der Waals surface area contributed by atoms with E-state index in [-0.39, 0.29) is 5.78 Å². The van der Waals surface area contributed by atoms with E-state index in [1.165, 1.54) is 11.1 Å². The van der Waals surface area contributed by atoms with Gasteiger partial charge in [-0.2, -0.15) is 0 Å². The van der Waals surface area contributed by atoms with Crippen LogP contribution >= 0.6 is 35.1 Å². The molecule has 0 aliphatic heterocycles. The molecule has 0 spiro atoms. The fourth-order valence-corrected chi connectivity index (χ4v) is 5.97. The maximum absolute atomic E-state index is 13.3. The van der Waals surface area contributed by atoms with Crippen LogP contribution in [0.25, 0.3) is 6.08 Å². The Hall–Kier alpha value is -2.20. The number of halogens is 1. The summed E-state index contributed by atoms with van der Waals surface area (Å²) in [5.41, 5.74) is 5.41. The summed E-state index contributed by atoms with van der Waals surface area (Å²) in [4.78, 5) is 13.3.